The summed E-state index contributed by atoms with van der Waals surface area (Å²) in [5.41, 5.74) is 2.91. The number of aromatic nitrogens is 1. The summed E-state index contributed by atoms with van der Waals surface area (Å²) in [7, 11) is 1.50. The Kier molecular flexibility index (Phi) is 6.03. The predicted molar refractivity (Wildman–Crippen MR) is 134 cm³/mol. The van der Waals surface area contributed by atoms with E-state index in [4.69, 9.17) is 25.8 Å². The molecule has 0 aliphatic carbocycles. The molecule has 0 unspecified atom stereocenters. The third-order valence-corrected chi connectivity index (χ3v) is 6.33. The summed E-state index contributed by atoms with van der Waals surface area (Å²) in [5.74, 6) is -0.673. The number of hydrogen-bond acceptors (Lipinski definition) is 5. The van der Waals surface area contributed by atoms with Crippen molar-refractivity contribution >= 4 is 40.5 Å². The van der Waals surface area contributed by atoms with Crippen LogP contribution in [0.1, 0.15) is 21.6 Å². The van der Waals surface area contributed by atoms with Crippen molar-refractivity contribution in [3.05, 3.63) is 82.5 Å². The van der Waals surface area contributed by atoms with Crippen LogP contribution in [0.25, 0.3) is 28.1 Å². The SMILES string of the molecule is COc1ccc(-c2c(C(=O)O)n(Cc3cc4c(cc3Cl)OCO4)c3ccccc23)c(C=CC(=O)O)c1. The van der Waals surface area contributed by atoms with Crippen LogP contribution in [0.5, 0.6) is 17.2 Å². The van der Waals surface area contributed by atoms with Gasteiger partial charge in [-0.05, 0) is 53.1 Å². The number of carboxylic acid groups (broad SMARTS) is 2. The monoisotopic (exact) mass is 505 g/mol. The second-order valence-corrected chi connectivity index (χ2v) is 8.46. The van der Waals surface area contributed by atoms with E-state index in [1.165, 1.54) is 13.2 Å². The average Bonchev–Trinajstić information content (AvgIpc) is 3.44. The van der Waals surface area contributed by atoms with Crippen molar-refractivity contribution in [3.8, 4) is 28.4 Å². The Hall–Kier alpha value is -4.43. The topological polar surface area (TPSA) is 107 Å². The molecule has 5 rings (SSSR count). The highest BCUT2D eigenvalue weighted by Gasteiger charge is 2.26. The van der Waals surface area contributed by atoms with E-state index in [9.17, 15) is 19.8 Å². The molecular formula is C27H20ClNO7. The molecule has 1 aliphatic rings. The number of ether oxygens (including phenoxy) is 3. The lowest BCUT2D eigenvalue weighted by atomic mass is 9.96. The van der Waals surface area contributed by atoms with Gasteiger partial charge in [-0.2, -0.15) is 0 Å². The Labute approximate surface area is 210 Å². The van der Waals surface area contributed by atoms with Crippen molar-refractivity contribution in [1.82, 2.24) is 4.57 Å². The van der Waals surface area contributed by atoms with Gasteiger partial charge >= 0.3 is 11.9 Å². The highest BCUT2D eigenvalue weighted by Crippen LogP contribution is 2.41. The first-order valence-corrected chi connectivity index (χ1v) is 11.3. The normalized spacial score (nSPS) is 12.4. The van der Waals surface area contributed by atoms with E-state index in [2.05, 4.69) is 0 Å². The van der Waals surface area contributed by atoms with Gasteiger partial charge in [0.15, 0.2) is 11.5 Å². The van der Waals surface area contributed by atoms with Gasteiger partial charge in [-0.3, -0.25) is 0 Å². The van der Waals surface area contributed by atoms with Crippen LogP contribution >= 0.6 is 11.6 Å². The number of hydrogen-bond donors (Lipinski definition) is 2. The number of nitrogens with zero attached hydrogens (tertiary/aromatic N) is 1. The standard InChI is InChI=1S/C27H20ClNO7/c1-34-17-7-8-18(15(10-17)6-9-24(30)31)25-19-4-2-3-5-21(19)29(26(25)27(32)33)13-16-11-22-23(12-20(16)28)36-14-35-22/h2-12H,13-14H2,1H3,(H,30,31)(H,32,33). The lowest BCUT2D eigenvalue weighted by molar-refractivity contribution is -0.131. The molecule has 4 aromatic rings. The first-order valence-electron chi connectivity index (χ1n) is 10.9. The van der Waals surface area contributed by atoms with Crippen molar-refractivity contribution < 1.29 is 34.0 Å². The van der Waals surface area contributed by atoms with Crippen LogP contribution in [0.2, 0.25) is 5.02 Å². The molecule has 0 saturated carbocycles. The van der Waals surface area contributed by atoms with Crippen LogP contribution in [0, 0.1) is 0 Å². The number of carbonyl (C=O) groups is 2. The fourth-order valence-electron chi connectivity index (χ4n) is 4.41. The number of methoxy groups -OCH3 is 1. The van der Waals surface area contributed by atoms with Gasteiger partial charge < -0.3 is 29.0 Å². The molecule has 9 heteroatoms. The van der Waals surface area contributed by atoms with Gasteiger partial charge in [0.2, 0.25) is 6.79 Å². The lowest BCUT2D eigenvalue weighted by Crippen LogP contribution is -2.11. The summed E-state index contributed by atoms with van der Waals surface area (Å²) in [4.78, 5) is 23.9. The molecule has 0 saturated heterocycles. The van der Waals surface area contributed by atoms with Crippen molar-refractivity contribution in [2.24, 2.45) is 0 Å². The number of benzene rings is 3. The van der Waals surface area contributed by atoms with Gasteiger partial charge in [0, 0.05) is 33.6 Å². The Bertz CT molecular complexity index is 1550. The summed E-state index contributed by atoms with van der Waals surface area (Å²) in [5, 5.41) is 20.7. The lowest BCUT2D eigenvalue weighted by Gasteiger charge is -2.13. The molecular weight excluding hydrogens is 486 g/mol. The van der Waals surface area contributed by atoms with Crippen LogP contribution in [-0.2, 0) is 11.3 Å². The van der Waals surface area contributed by atoms with Crippen LogP contribution < -0.4 is 14.2 Å². The molecule has 0 spiro atoms. The molecule has 0 amide bonds. The Balaban J connectivity index is 1.76. The number of para-hydroxylation sites is 1. The minimum atomic E-state index is -1.14. The van der Waals surface area contributed by atoms with Crippen LogP contribution in [0.4, 0.5) is 0 Å². The Morgan fingerprint density at radius 2 is 1.83 bits per heavy atom. The molecule has 0 radical (unpaired) electrons. The molecule has 2 N–H and O–H groups in total. The van der Waals surface area contributed by atoms with E-state index >= 15 is 0 Å². The maximum atomic E-state index is 12.7. The molecule has 1 aromatic heterocycles. The molecule has 0 fully saturated rings. The number of carboxylic acids is 2. The smallest absolute Gasteiger partial charge is 0.353 e. The summed E-state index contributed by atoms with van der Waals surface area (Å²) in [6, 6.07) is 15.8. The number of rotatable bonds is 7. The summed E-state index contributed by atoms with van der Waals surface area (Å²) in [6.07, 6.45) is 2.43. The molecule has 1 aliphatic heterocycles. The first-order chi connectivity index (χ1) is 17.4. The highest BCUT2D eigenvalue weighted by atomic mass is 35.5. The van der Waals surface area contributed by atoms with Crippen LogP contribution in [-0.4, -0.2) is 40.6 Å². The molecule has 0 bridgehead atoms. The molecule has 3 aromatic carbocycles. The number of halogens is 1. The molecule has 2 heterocycles. The minimum Gasteiger partial charge on any atom is -0.497 e. The summed E-state index contributed by atoms with van der Waals surface area (Å²) < 4.78 is 17.9. The maximum absolute atomic E-state index is 12.7. The predicted octanol–water partition coefficient (Wildman–Crippen LogP) is 5.54. The quantitative estimate of drug-likeness (QED) is 0.317. The first kappa shape index (κ1) is 23.3. The maximum Gasteiger partial charge on any atom is 0.353 e. The zero-order chi connectivity index (χ0) is 25.4. The van der Waals surface area contributed by atoms with E-state index in [-0.39, 0.29) is 19.0 Å². The van der Waals surface area contributed by atoms with Crippen LogP contribution in [0.3, 0.4) is 0 Å². The molecule has 0 atom stereocenters. The molecule has 182 valence electrons. The largest absolute Gasteiger partial charge is 0.497 e. The Morgan fingerprint density at radius 1 is 1.08 bits per heavy atom. The van der Waals surface area contributed by atoms with Gasteiger partial charge in [0.05, 0.1) is 13.7 Å². The second kappa shape index (κ2) is 9.31. The highest BCUT2D eigenvalue weighted by molar-refractivity contribution is 6.31. The molecule has 36 heavy (non-hydrogen) atoms. The van der Waals surface area contributed by atoms with Crippen LogP contribution in [0.15, 0.2) is 60.7 Å². The van der Waals surface area contributed by atoms with Gasteiger partial charge in [0.25, 0.3) is 0 Å². The van der Waals surface area contributed by atoms with E-state index < -0.39 is 11.9 Å². The number of aliphatic carboxylic acids is 1. The van der Waals surface area contributed by atoms with Gasteiger partial charge in [0.1, 0.15) is 11.4 Å². The van der Waals surface area contributed by atoms with Gasteiger partial charge in [-0.25, -0.2) is 9.59 Å². The summed E-state index contributed by atoms with van der Waals surface area (Å²) in [6.45, 7) is 0.254. The van der Waals surface area contributed by atoms with Gasteiger partial charge in [-0.1, -0.05) is 29.8 Å². The number of fused-ring (bicyclic) bond motifs is 2. The Morgan fingerprint density at radius 3 is 2.56 bits per heavy atom. The van der Waals surface area contributed by atoms with Crippen molar-refractivity contribution in [1.29, 1.82) is 0 Å². The third kappa shape index (κ3) is 4.12. The third-order valence-electron chi connectivity index (χ3n) is 5.98. The van der Waals surface area contributed by atoms with E-state index in [1.807, 2.05) is 24.3 Å². The van der Waals surface area contributed by atoms with E-state index in [1.54, 1.807) is 34.9 Å². The zero-order valence-corrected chi connectivity index (χ0v) is 19.8. The van der Waals surface area contributed by atoms with Crippen molar-refractivity contribution in [3.63, 3.8) is 0 Å². The zero-order valence-electron chi connectivity index (χ0n) is 19.0. The summed E-state index contributed by atoms with van der Waals surface area (Å²) >= 11 is 6.52. The molecule has 8 nitrogen and oxygen atoms in total. The van der Waals surface area contributed by atoms with Gasteiger partial charge in [-0.15, -0.1) is 0 Å². The average molecular weight is 506 g/mol. The number of aromatic carboxylic acids is 1. The van der Waals surface area contributed by atoms with Crippen molar-refractivity contribution in [2.45, 2.75) is 6.54 Å². The van der Waals surface area contributed by atoms with Crippen molar-refractivity contribution in [2.75, 3.05) is 13.9 Å². The second-order valence-electron chi connectivity index (χ2n) is 8.05. The fraction of sp³-hybridized carbons (Fsp3) is 0.111. The van der Waals surface area contributed by atoms with E-state index in [0.29, 0.717) is 55.4 Å². The van der Waals surface area contributed by atoms with E-state index in [0.717, 1.165) is 6.08 Å². The minimum absolute atomic E-state index is 0.0417. The fourth-order valence-corrected chi connectivity index (χ4v) is 4.62.